The molecule has 4 heteroatoms. The molecule has 2 aromatic rings. The molecule has 0 aliphatic rings. The Hall–Kier alpha value is -2.36. The molecular formula is C16H16FNO2. The number of hydrogen-bond acceptors (Lipinski definition) is 2. The van der Waals surface area contributed by atoms with Gasteiger partial charge in [0.2, 0.25) is 0 Å². The predicted octanol–water partition coefficient (Wildman–Crippen LogP) is 4.39. The fourth-order valence-corrected chi connectivity index (χ4v) is 1.91. The van der Waals surface area contributed by atoms with Gasteiger partial charge in [-0.2, -0.15) is 0 Å². The Morgan fingerprint density at radius 1 is 1.15 bits per heavy atom. The first-order valence-corrected chi connectivity index (χ1v) is 6.37. The summed E-state index contributed by atoms with van der Waals surface area (Å²) in [7, 11) is 0. The fraction of sp³-hybridized carbons (Fsp3) is 0.188. The molecule has 0 atom stereocenters. The molecule has 104 valence electrons. The molecule has 0 unspecified atom stereocenters. The highest BCUT2D eigenvalue weighted by Gasteiger charge is 2.11. The van der Waals surface area contributed by atoms with Crippen LogP contribution in [0.15, 0.2) is 42.5 Å². The molecule has 2 N–H and O–H groups in total. The van der Waals surface area contributed by atoms with Gasteiger partial charge in [0.05, 0.1) is 11.3 Å². The second-order valence-electron chi connectivity index (χ2n) is 4.90. The summed E-state index contributed by atoms with van der Waals surface area (Å²) in [6.07, 6.45) is 0. The van der Waals surface area contributed by atoms with Crippen molar-refractivity contribution in [2.24, 2.45) is 0 Å². The molecule has 0 aliphatic carbocycles. The number of carboxylic acid groups (broad SMARTS) is 1. The maximum atomic E-state index is 13.1. The lowest BCUT2D eigenvalue weighted by molar-refractivity contribution is 0.0697. The van der Waals surface area contributed by atoms with E-state index >= 15 is 0 Å². The molecule has 0 amide bonds. The number of rotatable bonds is 4. The number of benzene rings is 2. The van der Waals surface area contributed by atoms with Crippen LogP contribution in [-0.4, -0.2) is 11.1 Å². The van der Waals surface area contributed by atoms with Gasteiger partial charge in [0.25, 0.3) is 0 Å². The third-order valence-electron chi connectivity index (χ3n) is 3.07. The van der Waals surface area contributed by atoms with Crippen LogP contribution in [0.2, 0.25) is 0 Å². The first-order valence-electron chi connectivity index (χ1n) is 6.37. The van der Waals surface area contributed by atoms with Crippen molar-refractivity contribution in [3.8, 4) is 0 Å². The van der Waals surface area contributed by atoms with Crippen LogP contribution in [0.3, 0.4) is 0 Å². The highest BCUT2D eigenvalue weighted by atomic mass is 19.1. The number of halogens is 1. The largest absolute Gasteiger partial charge is 0.478 e. The summed E-state index contributed by atoms with van der Waals surface area (Å²) in [5.74, 6) is -1.29. The molecule has 0 saturated carbocycles. The zero-order chi connectivity index (χ0) is 14.7. The lowest BCUT2D eigenvalue weighted by Crippen LogP contribution is -2.03. The quantitative estimate of drug-likeness (QED) is 0.868. The Bertz CT molecular complexity index is 621. The van der Waals surface area contributed by atoms with E-state index in [0.717, 1.165) is 11.8 Å². The zero-order valence-electron chi connectivity index (χ0n) is 11.4. The molecule has 0 aliphatic heterocycles. The number of aromatic carboxylic acids is 1. The van der Waals surface area contributed by atoms with E-state index in [1.54, 1.807) is 0 Å². The second kappa shape index (κ2) is 5.74. The van der Waals surface area contributed by atoms with E-state index in [0.29, 0.717) is 11.6 Å². The SMILES string of the molecule is CC(C)c1ccc(Nc2ccc(F)cc2C(=O)O)cc1. The predicted molar refractivity (Wildman–Crippen MR) is 77.2 cm³/mol. The van der Waals surface area contributed by atoms with E-state index in [-0.39, 0.29) is 5.56 Å². The standard InChI is InChI=1S/C16H16FNO2/c1-10(2)11-3-6-13(7-4-11)18-15-8-5-12(17)9-14(15)16(19)20/h3-10,18H,1-2H3,(H,19,20). The maximum absolute atomic E-state index is 13.1. The summed E-state index contributed by atoms with van der Waals surface area (Å²) < 4.78 is 13.1. The number of anilines is 2. The zero-order valence-corrected chi connectivity index (χ0v) is 11.4. The number of hydrogen-bond donors (Lipinski definition) is 2. The van der Waals surface area contributed by atoms with E-state index < -0.39 is 11.8 Å². The summed E-state index contributed by atoms with van der Waals surface area (Å²) in [5.41, 5.74) is 2.26. The third kappa shape index (κ3) is 3.15. The van der Waals surface area contributed by atoms with Gasteiger partial charge in [-0.25, -0.2) is 9.18 Å². The van der Waals surface area contributed by atoms with Crippen molar-refractivity contribution in [3.05, 3.63) is 59.4 Å². The molecule has 2 aromatic carbocycles. The van der Waals surface area contributed by atoms with Gasteiger partial charge in [-0.3, -0.25) is 0 Å². The van der Waals surface area contributed by atoms with Gasteiger partial charge in [-0.1, -0.05) is 26.0 Å². The minimum atomic E-state index is -1.16. The van der Waals surface area contributed by atoms with Crippen LogP contribution in [0.25, 0.3) is 0 Å². The highest BCUT2D eigenvalue weighted by Crippen LogP contribution is 2.24. The van der Waals surface area contributed by atoms with Crippen molar-refractivity contribution in [3.63, 3.8) is 0 Å². The Kier molecular flexibility index (Phi) is 4.03. The van der Waals surface area contributed by atoms with Crippen LogP contribution < -0.4 is 5.32 Å². The van der Waals surface area contributed by atoms with E-state index in [2.05, 4.69) is 19.2 Å². The Morgan fingerprint density at radius 3 is 2.35 bits per heavy atom. The van der Waals surface area contributed by atoms with Crippen LogP contribution in [0, 0.1) is 5.82 Å². The van der Waals surface area contributed by atoms with Gasteiger partial charge in [-0.15, -0.1) is 0 Å². The fourth-order valence-electron chi connectivity index (χ4n) is 1.91. The first-order chi connectivity index (χ1) is 9.47. The van der Waals surface area contributed by atoms with Gasteiger partial charge in [0.1, 0.15) is 5.82 Å². The molecule has 3 nitrogen and oxygen atoms in total. The Balaban J connectivity index is 2.28. The molecule has 0 fully saturated rings. The normalized spacial score (nSPS) is 10.6. The van der Waals surface area contributed by atoms with Crippen molar-refractivity contribution >= 4 is 17.3 Å². The average molecular weight is 273 g/mol. The average Bonchev–Trinajstić information content (AvgIpc) is 2.41. The van der Waals surface area contributed by atoms with Crippen LogP contribution in [0.1, 0.15) is 35.7 Å². The lowest BCUT2D eigenvalue weighted by atomic mass is 10.0. The summed E-state index contributed by atoms with van der Waals surface area (Å²) in [4.78, 5) is 11.1. The van der Waals surface area contributed by atoms with Crippen molar-refractivity contribution in [2.45, 2.75) is 19.8 Å². The monoisotopic (exact) mass is 273 g/mol. The second-order valence-corrected chi connectivity index (χ2v) is 4.90. The van der Waals surface area contributed by atoms with Gasteiger partial charge in [0.15, 0.2) is 0 Å². The van der Waals surface area contributed by atoms with Crippen molar-refractivity contribution in [1.29, 1.82) is 0 Å². The van der Waals surface area contributed by atoms with Gasteiger partial charge in [0, 0.05) is 5.69 Å². The maximum Gasteiger partial charge on any atom is 0.337 e. The van der Waals surface area contributed by atoms with Crippen molar-refractivity contribution in [1.82, 2.24) is 0 Å². The van der Waals surface area contributed by atoms with Gasteiger partial charge < -0.3 is 10.4 Å². The smallest absolute Gasteiger partial charge is 0.337 e. The van der Waals surface area contributed by atoms with Crippen LogP contribution in [0.4, 0.5) is 15.8 Å². The Labute approximate surface area is 117 Å². The van der Waals surface area contributed by atoms with Crippen molar-refractivity contribution in [2.75, 3.05) is 5.32 Å². The molecule has 20 heavy (non-hydrogen) atoms. The minimum Gasteiger partial charge on any atom is -0.478 e. The van der Waals surface area contributed by atoms with Crippen LogP contribution in [0.5, 0.6) is 0 Å². The van der Waals surface area contributed by atoms with Crippen LogP contribution >= 0.6 is 0 Å². The summed E-state index contributed by atoms with van der Waals surface area (Å²) in [5, 5.41) is 12.1. The summed E-state index contributed by atoms with van der Waals surface area (Å²) in [6.45, 7) is 4.20. The lowest BCUT2D eigenvalue weighted by Gasteiger charge is -2.11. The summed E-state index contributed by atoms with van der Waals surface area (Å²) in [6, 6.07) is 11.4. The molecule has 0 radical (unpaired) electrons. The van der Waals surface area contributed by atoms with Crippen LogP contribution in [-0.2, 0) is 0 Å². The topological polar surface area (TPSA) is 49.3 Å². The third-order valence-corrected chi connectivity index (χ3v) is 3.07. The molecule has 0 heterocycles. The minimum absolute atomic E-state index is 0.0852. The molecule has 2 rings (SSSR count). The molecule has 0 aromatic heterocycles. The van der Waals surface area contributed by atoms with Crippen molar-refractivity contribution < 1.29 is 14.3 Å². The van der Waals surface area contributed by atoms with E-state index in [1.807, 2.05) is 24.3 Å². The molecule has 0 bridgehead atoms. The first kappa shape index (κ1) is 14.1. The Morgan fingerprint density at radius 2 is 1.80 bits per heavy atom. The van der Waals surface area contributed by atoms with E-state index in [9.17, 15) is 9.18 Å². The van der Waals surface area contributed by atoms with Gasteiger partial charge >= 0.3 is 5.97 Å². The summed E-state index contributed by atoms with van der Waals surface area (Å²) >= 11 is 0. The number of nitrogens with one attached hydrogen (secondary N) is 1. The number of carbonyl (C=O) groups is 1. The highest BCUT2D eigenvalue weighted by molar-refractivity contribution is 5.95. The molecule has 0 saturated heterocycles. The molecule has 0 spiro atoms. The van der Waals surface area contributed by atoms with Gasteiger partial charge in [-0.05, 0) is 41.8 Å². The van der Waals surface area contributed by atoms with E-state index in [4.69, 9.17) is 5.11 Å². The number of carboxylic acids is 1. The van der Waals surface area contributed by atoms with E-state index in [1.165, 1.54) is 17.7 Å². The molecular weight excluding hydrogens is 257 g/mol.